The van der Waals surface area contributed by atoms with Crippen molar-refractivity contribution in [3.8, 4) is 0 Å². The summed E-state index contributed by atoms with van der Waals surface area (Å²) in [4.78, 5) is 10.7. The number of benzene rings is 1. The van der Waals surface area contributed by atoms with Crippen LogP contribution in [0.1, 0.15) is 31.9 Å². The molecular weight excluding hydrogens is 200 g/mol. The molecule has 0 atom stereocenters. The van der Waals surface area contributed by atoms with Gasteiger partial charge in [-0.1, -0.05) is 45.0 Å². The zero-order chi connectivity index (χ0) is 12.1. The second-order valence-electron chi connectivity index (χ2n) is 4.14. The maximum atomic E-state index is 10.7. The fourth-order valence-electron chi connectivity index (χ4n) is 1.65. The van der Waals surface area contributed by atoms with Gasteiger partial charge in [0.15, 0.2) is 0 Å². The third kappa shape index (κ3) is 3.23. The second kappa shape index (κ2) is 5.50. The fraction of sp³-hybridized carbons (Fsp3) is 0.357. The lowest BCUT2D eigenvalue weighted by Gasteiger charge is -2.11. The third-order valence-corrected chi connectivity index (χ3v) is 2.60. The number of aryl methyl sites for hydroxylation is 1. The maximum Gasteiger partial charge on any atom is 0.328 e. The molecule has 86 valence electrons. The minimum Gasteiger partial charge on any atom is -0.478 e. The van der Waals surface area contributed by atoms with Gasteiger partial charge in [-0.05, 0) is 29.0 Å². The lowest BCUT2D eigenvalue weighted by atomic mass is 9.94. The standard InChI is InChI=1S/C14H18O2/c1-4-11-5-7-12(8-6-11)13(10(2)3)9-14(15)16/h5-10H,4H2,1-3H3,(H,15,16)/b13-9+. The van der Waals surface area contributed by atoms with Crippen molar-refractivity contribution in [2.75, 3.05) is 0 Å². The summed E-state index contributed by atoms with van der Waals surface area (Å²) in [5.74, 6) is -0.674. The zero-order valence-corrected chi connectivity index (χ0v) is 10.0. The molecule has 16 heavy (non-hydrogen) atoms. The minimum absolute atomic E-state index is 0.212. The van der Waals surface area contributed by atoms with Gasteiger partial charge >= 0.3 is 5.97 Å². The van der Waals surface area contributed by atoms with Gasteiger partial charge in [-0.25, -0.2) is 4.79 Å². The summed E-state index contributed by atoms with van der Waals surface area (Å²) in [7, 11) is 0. The SMILES string of the molecule is CCc1ccc(/C(=C/C(=O)O)C(C)C)cc1. The second-order valence-corrected chi connectivity index (χ2v) is 4.14. The smallest absolute Gasteiger partial charge is 0.328 e. The lowest BCUT2D eigenvalue weighted by Crippen LogP contribution is -1.99. The summed E-state index contributed by atoms with van der Waals surface area (Å²) >= 11 is 0. The summed E-state index contributed by atoms with van der Waals surface area (Å²) in [5, 5.41) is 8.82. The molecule has 2 nitrogen and oxygen atoms in total. The zero-order valence-electron chi connectivity index (χ0n) is 10.0. The molecule has 0 spiro atoms. The van der Waals surface area contributed by atoms with Gasteiger partial charge in [0.05, 0.1) is 0 Å². The van der Waals surface area contributed by atoms with E-state index in [1.807, 2.05) is 38.1 Å². The van der Waals surface area contributed by atoms with E-state index in [9.17, 15) is 4.79 Å². The van der Waals surface area contributed by atoms with Crippen LogP contribution in [-0.4, -0.2) is 11.1 Å². The van der Waals surface area contributed by atoms with Crippen molar-refractivity contribution in [1.82, 2.24) is 0 Å². The summed E-state index contributed by atoms with van der Waals surface area (Å²) in [6.07, 6.45) is 2.30. The molecule has 1 aromatic carbocycles. The summed E-state index contributed by atoms with van der Waals surface area (Å²) in [6, 6.07) is 8.09. The quantitative estimate of drug-likeness (QED) is 0.787. The highest BCUT2D eigenvalue weighted by molar-refractivity contribution is 5.90. The van der Waals surface area contributed by atoms with Crippen LogP contribution in [0.25, 0.3) is 5.57 Å². The fourth-order valence-corrected chi connectivity index (χ4v) is 1.65. The number of hydrogen-bond donors (Lipinski definition) is 1. The first kappa shape index (κ1) is 12.5. The van der Waals surface area contributed by atoms with Crippen LogP contribution in [0, 0.1) is 5.92 Å². The first-order chi connectivity index (χ1) is 7.54. The predicted molar refractivity (Wildman–Crippen MR) is 66.3 cm³/mol. The Labute approximate surface area is 96.6 Å². The van der Waals surface area contributed by atoms with Crippen LogP contribution >= 0.6 is 0 Å². The average molecular weight is 218 g/mol. The van der Waals surface area contributed by atoms with E-state index in [2.05, 4.69) is 6.92 Å². The molecule has 1 aromatic rings. The number of allylic oxidation sites excluding steroid dienone is 1. The molecular formula is C14H18O2. The topological polar surface area (TPSA) is 37.3 Å². The highest BCUT2D eigenvalue weighted by atomic mass is 16.4. The number of carboxylic acid groups (broad SMARTS) is 1. The monoisotopic (exact) mass is 218 g/mol. The van der Waals surface area contributed by atoms with Crippen LogP contribution in [0.3, 0.4) is 0 Å². The molecule has 0 aliphatic carbocycles. The van der Waals surface area contributed by atoms with Gasteiger partial charge in [0.2, 0.25) is 0 Å². The molecule has 2 heteroatoms. The van der Waals surface area contributed by atoms with Crippen LogP contribution in [0.5, 0.6) is 0 Å². The van der Waals surface area contributed by atoms with Gasteiger partial charge in [-0.2, -0.15) is 0 Å². The Kier molecular flexibility index (Phi) is 4.29. The molecule has 0 saturated heterocycles. The Bertz CT molecular complexity index is 386. The van der Waals surface area contributed by atoms with E-state index < -0.39 is 5.97 Å². The van der Waals surface area contributed by atoms with Crippen molar-refractivity contribution in [3.63, 3.8) is 0 Å². The van der Waals surface area contributed by atoms with Crippen molar-refractivity contribution in [2.24, 2.45) is 5.92 Å². The van der Waals surface area contributed by atoms with Crippen LogP contribution in [0.15, 0.2) is 30.3 Å². The van der Waals surface area contributed by atoms with Crippen LogP contribution in [0.4, 0.5) is 0 Å². The molecule has 0 bridgehead atoms. The number of carbonyl (C=O) groups is 1. The van der Waals surface area contributed by atoms with Crippen molar-refractivity contribution in [1.29, 1.82) is 0 Å². The Morgan fingerprint density at radius 1 is 1.31 bits per heavy atom. The molecule has 1 rings (SSSR count). The molecule has 0 unspecified atom stereocenters. The number of carboxylic acids is 1. The first-order valence-corrected chi connectivity index (χ1v) is 5.58. The average Bonchev–Trinajstić information content (AvgIpc) is 2.25. The highest BCUT2D eigenvalue weighted by Gasteiger charge is 2.08. The normalized spacial score (nSPS) is 11.9. The van der Waals surface area contributed by atoms with E-state index in [0.717, 1.165) is 17.6 Å². The summed E-state index contributed by atoms with van der Waals surface area (Å²) < 4.78 is 0. The number of aliphatic carboxylic acids is 1. The van der Waals surface area contributed by atoms with Crippen molar-refractivity contribution in [2.45, 2.75) is 27.2 Å². The Morgan fingerprint density at radius 2 is 1.88 bits per heavy atom. The Hall–Kier alpha value is -1.57. The third-order valence-electron chi connectivity index (χ3n) is 2.60. The van der Waals surface area contributed by atoms with Gasteiger partial charge in [0, 0.05) is 6.08 Å². The number of hydrogen-bond acceptors (Lipinski definition) is 1. The van der Waals surface area contributed by atoms with Crippen LogP contribution in [-0.2, 0) is 11.2 Å². The highest BCUT2D eigenvalue weighted by Crippen LogP contribution is 2.23. The van der Waals surface area contributed by atoms with Crippen molar-refractivity contribution in [3.05, 3.63) is 41.5 Å². The van der Waals surface area contributed by atoms with Gasteiger partial charge in [0.25, 0.3) is 0 Å². The molecule has 1 N–H and O–H groups in total. The molecule has 0 amide bonds. The van der Waals surface area contributed by atoms with Crippen LogP contribution in [0.2, 0.25) is 0 Å². The number of rotatable bonds is 4. The van der Waals surface area contributed by atoms with Crippen LogP contribution < -0.4 is 0 Å². The van der Waals surface area contributed by atoms with Gasteiger partial charge in [0.1, 0.15) is 0 Å². The summed E-state index contributed by atoms with van der Waals surface area (Å²) in [6.45, 7) is 6.11. The van der Waals surface area contributed by atoms with E-state index in [-0.39, 0.29) is 5.92 Å². The molecule has 0 radical (unpaired) electrons. The van der Waals surface area contributed by atoms with Gasteiger partial charge < -0.3 is 5.11 Å². The Balaban J connectivity index is 3.07. The van der Waals surface area contributed by atoms with E-state index in [1.54, 1.807) is 0 Å². The van der Waals surface area contributed by atoms with Crippen molar-refractivity contribution >= 4 is 11.5 Å². The van der Waals surface area contributed by atoms with E-state index in [4.69, 9.17) is 5.11 Å². The molecule has 0 aliphatic heterocycles. The Morgan fingerprint density at radius 3 is 2.25 bits per heavy atom. The van der Waals surface area contributed by atoms with Gasteiger partial charge in [-0.3, -0.25) is 0 Å². The van der Waals surface area contributed by atoms with Crippen molar-refractivity contribution < 1.29 is 9.90 Å². The summed E-state index contributed by atoms with van der Waals surface area (Å²) in [5.41, 5.74) is 3.13. The van der Waals surface area contributed by atoms with Gasteiger partial charge in [-0.15, -0.1) is 0 Å². The molecule has 0 heterocycles. The first-order valence-electron chi connectivity index (χ1n) is 5.58. The molecule has 0 saturated carbocycles. The molecule has 0 aromatic heterocycles. The predicted octanol–water partition coefficient (Wildman–Crippen LogP) is 3.37. The molecule has 0 fully saturated rings. The maximum absolute atomic E-state index is 10.7. The van der Waals surface area contributed by atoms with E-state index >= 15 is 0 Å². The largest absolute Gasteiger partial charge is 0.478 e. The van der Waals surface area contributed by atoms with E-state index in [1.165, 1.54) is 11.6 Å². The minimum atomic E-state index is -0.886. The van der Waals surface area contributed by atoms with E-state index in [0.29, 0.717) is 0 Å². The molecule has 0 aliphatic rings. The lowest BCUT2D eigenvalue weighted by molar-refractivity contribution is -0.131.